The van der Waals surface area contributed by atoms with E-state index in [1.807, 2.05) is 55.4 Å². The highest BCUT2D eigenvalue weighted by Crippen LogP contribution is 2.32. The summed E-state index contributed by atoms with van der Waals surface area (Å²) in [6.07, 6.45) is 1.57. The van der Waals surface area contributed by atoms with Gasteiger partial charge in [0.2, 0.25) is 5.91 Å². The largest absolute Gasteiger partial charge is 0.369 e. The van der Waals surface area contributed by atoms with E-state index in [0.717, 1.165) is 12.8 Å². The van der Waals surface area contributed by atoms with Crippen molar-refractivity contribution < 1.29 is 9.53 Å². The van der Waals surface area contributed by atoms with E-state index < -0.39 is 5.41 Å². The fraction of sp³-hybridized carbons (Fsp3) is 0.941. The molecule has 0 saturated heterocycles. The number of carbonyl (C=O) groups is 1. The predicted molar refractivity (Wildman–Crippen MR) is 94.0 cm³/mol. The van der Waals surface area contributed by atoms with Crippen LogP contribution in [0.5, 0.6) is 0 Å². The molecule has 0 bridgehead atoms. The smallest absolute Gasteiger partial charge is 0.226 e. The highest BCUT2D eigenvalue weighted by atomic mass is 32.1. The lowest BCUT2D eigenvalue weighted by Gasteiger charge is -2.38. The van der Waals surface area contributed by atoms with Crippen molar-refractivity contribution >= 4 is 18.5 Å². The Morgan fingerprint density at radius 3 is 1.76 bits per heavy atom. The van der Waals surface area contributed by atoms with Gasteiger partial charge >= 0.3 is 0 Å². The van der Waals surface area contributed by atoms with E-state index in [2.05, 4.69) is 24.9 Å². The normalized spacial score (nSPS) is 16.5. The van der Waals surface area contributed by atoms with E-state index in [9.17, 15) is 4.79 Å². The lowest BCUT2D eigenvalue weighted by molar-refractivity contribution is -0.134. The quantitative estimate of drug-likeness (QED) is 0.720. The van der Waals surface area contributed by atoms with Crippen molar-refractivity contribution in [3.8, 4) is 0 Å². The van der Waals surface area contributed by atoms with Crippen molar-refractivity contribution in [2.45, 2.75) is 91.9 Å². The van der Waals surface area contributed by atoms with Crippen molar-refractivity contribution in [3.05, 3.63) is 0 Å². The van der Waals surface area contributed by atoms with Gasteiger partial charge in [-0.1, -0.05) is 13.8 Å². The zero-order valence-electron chi connectivity index (χ0n) is 15.4. The van der Waals surface area contributed by atoms with Gasteiger partial charge in [-0.25, -0.2) is 0 Å². The molecule has 0 aliphatic rings. The Hall–Kier alpha value is -0.220. The number of nitrogens with one attached hydrogen (secondary N) is 1. The first-order valence-corrected chi connectivity index (χ1v) is 8.37. The molecule has 0 spiro atoms. The van der Waals surface area contributed by atoms with Crippen LogP contribution in [0.3, 0.4) is 0 Å². The van der Waals surface area contributed by atoms with Crippen LogP contribution in [0.1, 0.15) is 75.2 Å². The Morgan fingerprint density at radius 1 is 0.952 bits per heavy atom. The third kappa shape index (κ3) is 8.72. The minimum Gasteiger partial charge on any atom is -0.369 e. The first-order valence-electron chi connectivity index (χ1n) is 7.74. The third-order valence-corrected chi connectivity index (χ3v) is 3.94. The summed E-state index contributed by atoms with van der Waals surface area (Å²) in [7, 11) is 0. The maximum Gasteiger partial charge on any atom is 0.226 e. The molecule has 1 amide bonds. The SMILES string of the molecule is CC(C)(C)NC(=O)C(C)(C)CCC(C)(CS)OC(C)(C)C. The summed E-state index contributed by atoms with van der Waals surface area (Å²) in [5, 5.41) is 3.06. The number of amides is 1. The van der Waals surface area contributed by atoms with Crippen LogP contribution in [0, 0.1) is 5.41 Å². The van der Waals surface area contributed by atoms with Crippen LogP contribution < -0.4 is 5.32 Å². The maximum atomic E-state index is 12.4. The van der Waals surface area contributed by atoms with Crippen LogP contribution in [0.4, 0.5) is 0 Å². The molecule has 0 heterocycles. The number of rotatable bonds is 6. The fourth-order valence-corrected chi connectivity index (χ4v) is 2.32. The number of hydrogen-bond donors (Lipinski definition) is 2. The summed E-state index contributed by atoms with van der Waals surface area (Å²) in [5.74, 6) is 0.730. The second-order valence-electron chi connectivity index (χ2n) is 8.91. The molecule has 0 rings (SSSR count). The molecule has 0 aliphatic heterocycles. The van der Waals surface area contributed by atoms with E-state index in [4.69, 9.17) is 4.74 Å². The molecule has 126 valence electrons. The molecule has 4 heteroatoms. The number of hydrogen-bond acceptors (Lipinski definition) is 3. The Bertz CT molecular complexity index is 353. The number of ether oxygens (including phenoxy) is 1. The van der Waals surface area contributed by atoms with E-state index in [1.54, 1.807) is 0 Å². The fourth-order valence-electron chi connectivity index (χ4n) is 2.10. The van der Waals surface area contributed by atoms with Crippen LogP contribution >= 0.6 is 12.6 Å². The highest BCUT2D eigenvalue weighted by molar-refractivity contribution is 7.80. The molecule has 1 unspecified atom stereocenters. The molecule has 0 fully saturated rings. The van der Waals surface area contributed by atoms with Gasteiger partial charge in [0.1, 0.15) is 0 Å². The van der Waals surface area contributed by atoms with Crippen molar-refractivity contribution in [1.82, 2.24) is 5.32 Å². The second-order valence-corrected chi connectivity index (χ2v) is 9.23. The minimum atomic E-state index is -0.418. The van der Waals surface area contributed by atoms with Crippen LogP contribution in [-0.2, 0) is 9.53 Å². The van der Waals surface area contributed by atoms with E-state index in [1.165, 1.54) is 0 Å². The molecular formula is C17H35NO2S. The molecule has 0 aliphatic carbocycles. The molecule has 0 aromatic carbocycles. The predicted octanol–water partition coefficient (Wildman–Crippen LogP) is 4.21. The molecule has 0 saturated carbocycles. The molecule has 3 nitrogen and oxygen atoms in total. The van der Waals surface area contributed by atoms with Gasteiger partial charge in [-0.15, -0.1) is 0 Å². The Morgan fingerprint density at radius 2 is 1.43 bits per heavy atom. The summed E-state index contributed by atoms with van der Waals surface area (Å²) in [6.45, 7) is 18.2. The summed E-state index contributed by atoms with van der Waals surface area (Å²) >= 11 is 4.44. The summed E-state index contributed by atoms with van der Waals surface area (Å²) in [6, 6.07) is 0. The zero-order chi connectivity index (χ0) is 17.1. The average molecular weight is 318 g/mol. The summed E-state index contributed by atoms with van der Waals surface area (Å²) in [4.78, 5) is 12.4. The summed E-state index contributed by atoms with van der Waals surface area (Å²) in [5.41, 5.74) is -1.15. The lowest BCUT2D eigenvalue weighted by Crippen LogP contribution is -2.48. The molecule has 0 aromatic rings. The van der Waals surface area contributed by atoms with Gasteiger partial charge in [0.05, 0.1) is 11.2 Å². The van der Waals surface area contributed by atoms with Gasteiger partial charge in [-0.3, -0.25) is 4.79 Å². The number of carbonyl (C=O) groups excluding carboxylic acids is 1. The van der Waals surface area contributed by atoms with Crippen molar-refractivity contribution in [2.24, 2.45) is 5.41 Å². The summed E-state index contributed by atoms with van der Waals surface area (Å²) < 4.78 is 6.14. The molecule has 0 radical (unpaired) electrons. The van der Waals surface area contributed by atoms with E-state index in [0.29, 0.717) is 5.75 Å². The Balaban J connectivity index is 4.76. The average Bonchev–Trinajstić information content (AvgIpc) is 2.22. The topological polar surface area (TPSA) is 38.3 Å². The van der Waals surface area contributed by atoms with Gasteiger partial charge in [0.25, 0.3) is 0 Å². The first-order chi connectivity index (χ1) is 9.10. The molecule has 1 atom stereocenters. The lowest BCUT2D eigenvalue weighted by atomic mass is 9.82. The maximum absolute atomic E-state index is 12.4. The zero-order valence-corrected chi connectivity index (χ0v) is 16.3. The Kier molecular flexibility index (Phi) is 6.83. The highest BCUT2D eigenvalue weighted by Gasteiger charge is 2.35. The van der Waals surface area contributed by atoms with E-state index >= 15 is 0 Å². The molecule has 1 N–H and O–H groups in total. The van der Waals surface area contributed by atoms with E-state index in [-0.39, 0.29) is 22.6 Å². The van der Waals surface area contributed by atoms with Gasteiger partial charge in [-0.2, -0.15) is 12.6 Å². The van der Waals surface area contributed by atoms with Crippen LogP contribution in [0.2, 0.25) is 0 Å². The second kappa shape index (κ2) is 6.91. The monoisotopic (exact) mass is 317 g/mol. The van der Waals surface area contributed by atoms with Crippen LogP contribution in [0.25, 0.3) is 0 Å². The molecule has 21 heavy (non-hydrogen) atoms. The number of thiol groups is 1. The van der Waals surface area contributed by atoms with Gasteiger partial charge < -0.3 is 10.1 Å². The van der Waals surface area contributed by atoms with Crippen LogP contribution in [0.15, 0.2) is 0 Å². The standard InChI is InChI=1S/C17H35NO2S/c1-14(2,3)18-13(19)16(7,8)10-11-17(9,12-21)20-15(4,5)6/h21H,10-12H2,1-9H3,(H,18,19). The van der Waals surface area contributed by atoms with Crippen LogP contribution in [-0.4, -0.2) is 28.4 Å². The molecular weight excluding hydrogens is 282 g/mol. The third-order valence-electron chi connectivity index (χ3n) is 3.27. The van der Waals surface area contributed by atoms with Gasteiger partial charge in [0.15, 0.2) is 0 Å². The first kappa shape index (κ1) is 20.8. The van der Waals surface area contributed by atoms with Crippen molar-refractivity contribution in [1.29, 1.82) is 0 Å². The van der Waals surface area contributed by atoms with Crippen molar-refractivity contribution in [2.75, 3.05) is 5.75 Å². The van der Waals surface area contributed by atoms with Crippen molar-refractivity contribution in [3.63, 3.8) is 0 Å². The van der Waals surface area contributed by atoms with Gasteiger partial charge in [0, 0.05) is 16.7 Å². The Labute approximate surface area is 137 Å². The molecule has 0 aromatic heterocycles. The minimum absolute atomic E-state index is 0.0901. The van der Waals surface area contributed by atoms with Gasteiger partial charge in [-0.05, 0) is 61.3 Å².